The third kappa shape index (κ3) is 4.31. The fraction of sp³-hybridized carbons (Fsp3) is 0.438. The predicted octanol–water partition coefficient (Wildman–Crippen LogP) is 1.45. The normalized spacial score (nSPS) is 19.0. The molecule has 1 heterocycles. The van der Waals surface area contributed by atoms with Crippen LogP contribution in [0, 0.1) is 5.92 Å². The van der Waals surface area contributed by atoms with Crippen molar-refractivity contribution >= 4 is 5.91 Å². The van der Waals surface area contributed by atoms with Crippen molar-refractivity contribution in [1.82, 2.24) is 10.3 Å². The van der Waals surface area contributed by atoms with Gasteiger partial charge in [0.15, 0.2) is 0 Å². The number of para-hydroxylation sites is 1. The van der Waals surface area contributed by atoms with Crippen molar-refractivity contribution in [2.45, 2.75) is 19.4 Å². The van der Waals surface area contributed by atoms with Gasteiger partial charge in [0, 0.05) is 18.7 Å². The topological polar surface area (TPSA) is 67.6 Å². The summed E-state index contributed by atoms with van der Waals surface area (Å²) in [4.78, 5) is 14.0. The highest BCUT2D eigenvalue weighted by molar-refractivity contribution is 5.78. The number of hydrogen-bond donors (Lipinski definition) is 2. The minimum atomic E-state index is -0.0732. The monoisotopic (exact) mass is 289 g/mol. The first-order chi connectivity index (χ1) is 10.2. The van der Waals surface area contributed by atoms with Gasteiger partial charge >= 0.3 is 0 Å². The summed E-state index contributed by atoms with van der Waals surface area (Å²) in [6.07, 6.45) is 3.64. The molecule has 1 aromatic rings. The highest BCUT2D eigenvalue weighted by atomic mass is 16.5. The molecule has 1 aliphatic rings. The molecule has 1 amide bonds. The highest BCUT2D eigenvalue weighted by Crippen LogP contribution is 2.23. The molecule has 5 nitrogen and oxygen atoms in total. The summed E-state index contributed by atoms with van der Waals surface area (Å²) >= 11 is 0. The van der Waals surface area contributed by atoms with Gasteiger partial charge in [-0.2, -0.15) is 0 Å². The number of amides is 1. The van der Waals surface area contributed by atoms with E-state index >= 15 is 0 Å². The maximum absolute atomic E-state index is 11.7. The van der Waals surface area contributed by atoms with Gasteiger partial charge in [-0.3, -0.25) is 15.1 Å². The molecule has 0 bridgehead atoms. The second-order valence-electron chi connectivity index (χ2n) is 5.29. The summed E-state index contributed by atoms with van der Waals surface area (Å²) in [5.41, 5.74) is 3.39. The van der Waals surface area contributed by atoms with Crippen LogP contribution in [-0.2, 0) is 11.3 Å². The first kappa shape index (κ1) is 15.5. The van der Waals surface area contributed by atoms with Gasteiger partial charge in [-0.25, -0.2) is 5.84 Å². The van der Waals surface area contributed by atoms with Crippen molar-refractivity contribution in [2.75, 3.05) is 19.7 Å². The fourth-order valence-corrected chi connectivity index (χ4v) is 2.70. The molecule has 0 aromatic heterocycles. The van der Waals surface area contributed by atoms with Crippen LogP contribution in [-0.4, -0.2) is 30.5 Å². The van der Waals surface area contributed by atoms with E-state index in [2.05, 4.69) is 23.0 Å². The summed E-state index contributed by atoms with van der Waals surface area (Å²) in [5, 5.41) is 0. The molecule has 3 N–H and O–H groups in total. The van der Waals surface area contributed by atoms with Crippen molar-refractivity contribution in [3.05, 3.63) is 42.5 Å². The summed E-state index contributed by atoms with van der Waals surface area (Å²) in [5.74, 6) is 6.01. The minimum Gasteiger partial charge on any atom is -0.489 e. The summed E-state index contributed by atoms with van der Waals surface area (Å²) in [7, 11) is 0. The van der Waals surface area contributed by atoms with Crippen LogP contribution in [0.25, 0.3) is 0 Å². The van der Waals surface area contributed by atoms with Crippen molar-refractivity contribution in [3.8, 4) is 5.75 Å². The Balaban J connectivity index is 2.00. The number of hydrazine groups is 1. The summed E-state index contributed by atoms with van der Waals surface area (Å²) in [6, 6.07) is 7.99. The zero-order valence-electron chi connectivity index (χ0n) is 12.3. The third-order valence-electron chi connectivity index (χ3n) is 3.74. The number of nitrogens with two attached hydrogens (primary N) is 1. The van der Waals surface area contributed by atoms with E-state index < -0.39 is 0 Å². The fourth-order valence-electron chi connectivity index (χ4n) is 2.70. The molecule has 5 heteroatoms. The van der Waals surface area contributed by atoms with Gasteiger partial charge in [0.1, 0.15) is 12.4 Å². The predicted molar refractivity (Wildman–Crippen MR) is 82.5 cm³/mol. The lowest BCUT2D eigenvalue weighted by atomic mass is 9.97. The van der Waals surface area contributed by atoms with Crippen LogP contribution in [0.5, 0.6) is 5.75 Å². The first-order valence-corrected chi connectivity index (χ1v) is 7.29. The van der Waals surface area contributed by atoms with Crippen molar-refractivity contribution < 1.29 is 9.53 Å². The molecular formula is C16H23N3O2. The molecule has 1 aromatic carbocycles. The number of carbonyl (C=O) groups is 1. The number of carbonyl (C=O) groups excluding carboxylic acids is 1. The SMILES string of the molecule is C=CCOc1ccccc1CN1CCCC(C(=O)NN)C1. The molecule has 2 rings (SSSR count). The average Bonchev–Trinajstić information content (AvgIpc) is 2.53. The van der Waals surface area contributed by atoms with Gasteiger partial charge in [0.05, 0.1) is 5.92 Å². The Morgan fingerprint density at radius 2 is 2.33 bits per heavy atom. The van der Waals surface area contributed by atoms with Crippen LogP contribution >= 0.6 is 0 Å². The van der Waals surface area contributed by atoms with Crippen molar-refractivity contribution in [1.29, 1.82) is 0 Å². The van der Waals surface area contributed by atoms with Crippen LogP contribution < -0.4 is 16.0 Å². The average molecular weight is 289 g/mol. The number of ether oxygens (including phenoxy) is 1. The second kappa shape index (κ2) is 7.81. The number of rotatable bonds is 6. The largest absolute Gasteiger partial charge is 0.489 e. The third-order valence-corrected chi connectivity index (χ3v) is 3.74. The van der Waals surface area contributed by atoms with Gasteiger partial charge in [0.25, 0.3) is 0 Å². The van der Waals surface area contributed by atoms with E-state index in [4.69, 9.17) is 10.6 Å². The van der Waals surface area contributed by atoms with E-state index in [-0.39, 0.29) is 11.8 Å². The Labute approximate surface area is 125 Å². The highest BCUT2D eigenvalue weighted by Gasteiger charge is 2.25. The Bertz CT molecular complexity index is 490. The van der Waals surface area contributed by atoms with Gasteiger partial charge < -0.3 is 4.74 Å². The molecule has 21 heavy (non-hydrogen) atoms. The Hall–Kier alpha value is -1.85. The Kier molecular flexibility index (Phi) is 5.78. The van der Waals surface area contributed by atoms with Gasteiger partial charge in [-0.1, -0.05) is 30.9 Å². The zero-order chi connectivity index (χ0) is 15.1. The van der Waals surface area contributed by atoms with Crippen LogP contribution in [0.2, 0.25) is 0 Å². The molecule has 0 radical (unpaired) electrons. The number of benzene rings is 1. The van der Waals surface area contributed by atoms with Gasteiger partial charge in [-0.05, 0) is 25.5 Å². The number of likely N-dealkylation sites (tertiary alicyclic amines) is 1. The van der Waals surface area contributed by atoms with Crippen LogP contribution in [0.3, 0.4) is 0 Å². The lowest BCUT2D eigenvalue weighted by molar-refractivity contribution is -0.126. The van der Waals surface area contributed by atoms with E-state index in [0.717, 1.165) is 43.8 Å². The number of hydrogen-bond acceptors (Lipinski definition) is 4. The number of nitrogens with zero attached hydrogens (tertiary/aromatic N) is 1. The van der Waals surface area contributed by atoms with Crippen molar-refractivity contribution in [2.24, 2.45) is 11.8 Å². The Morgan fingerprint density at radius 3 is 3.10 bits per heavy atom. The quantitative estimate of drug-likeness (QED) is 0.360. The van der Waals surface area contributed by atoms with Crippen molar-refractivity contribution in [3.63, 3.8) is 0 Å². The van der Waals surface area contributed by atoms with E-state index in [1.54, 1.807) is 6.08 Å². The molecule has 1 aliphatic heterocycles. The van der Waals surface area contributed by atoms with Gasteiger partial charge in [0.2, 0.25) is 5.91 Å². The molecule has 1 unspecified atom stereocenters. The molecule has 1 atom stereocenters. The summed E-state index contributed by atoms with van der Waals surface area (Å²) < 4.78 is 5.68. The molecule has 114 valence electrons. The summed E-state index contributed by atoms with van der Waals surface area (Å²) in [6.45, 7) is 6.67. The second-order valence-corrected chi connectivity index (χ2v) is 5.29. The maximum atomic E-state index is 11.7. The molecule has 1 saturated heterocycles. The molecule has 0 spiro atoms. The van der Waals surface area contributed by atoms with Crippen LogP contribution in [0.1, 0.15) is 18.4 Å². The van der Waals surface area contributed by atoms with Crippen LogP contribution in [0.15, 0.2) is 36.9 Å². The lowest BCUT2D eigenvalue weighted by Gasteiger charge is -2.32. The number of piperidine rings is 1. The van der Waals surface area contributed by atoms with Gasteiger partial charge in [-0.15, -0.1) is 0 Å². The standard InChI is InChI=1S/C16H23N3O2/c1-2-10-21-15-8-4-3-6-13(15)11-19-9-5-7-14(12-19)16(20)18-17/h2-4,6,8,14H,1,5,7,9-12,17H2,(H,18,20). The number of nitrogens with one attached hydrogen (secondary N) is 1. The van der Waals surface area contributed by atoms with E-state index in [0.29, 0.717) is 6.61 Å². The molecule has 0 aliphatic carbocycles. The molecule has 0 saturated carbocycles. The van der Waals surface area contributed by atoms with E-state index in [9.17, 15) is 4.79 Å². The molecule has 1 fully saturated rings. The first-order valence-electron chi connectivity index (χ1n) is 7.29. The van der Waals surface area contributed by atoms with E-state index in [1.807, 2.05) is 18.2 Å². The van der Waals surface area contributed by atoms with E-state index in [1.165, 1.54) is 0 Å². The van der Waals surface area contributed by atoms with Crippen LogP contribution in [0.4, 0.5) is 0 Å². The minimum absolute atomic E-state index is 0.0231. The maximum Gasteiger partial charge on any atom is 0.238 e. The Morgan fingerprint density at radius 1 is 1.52 bits per heavy atom. The zero-order valence-corrected chi connectivity index (χ0v) is 12.3. The smallest absolute Gasteiger partial charge is 0.238 e. The lowest BCUT2D eigenvalue weighted by Crippen LogP contribution is -2.44. The molecular weight excluding hydrogens is 266 g/mol.